The summed E-state index contributed by atoms with van der Waals surface area (Å²) in [4.78, 5) is 32.2. The van der Waals surface area contributed by atoms with E-state index in [1.54, 1.807) is 30.6 Å². The van der Waals surface area contributed by atoms with Crippen LogP contribution in [0.3, 0.4) is 0 Å². The fraction of sp³-hybridized carbons (Fsp3) is 0.447. The third-order valence-corrected chi connectivity index (χ3v) is 10.3. The van der Waals surface area contributed by atoms with Crippen molar-refractivity contribution in [2.45, 2.75) is 104 Å². The van der Waals surface area contributed by atoms with Gasteiger partial charge in [-0.2, -0.15) is 4.98 Å². The second-order valence-corrected chi connectivity index (χ2v) is 15.2. The maximum absolute atomic E-state index is 13.9. The maximum atomic E-state index is 13.9. The van der Waals surface area contributed by atoms with E-state index in [0.717, 1.165) is 48.1 Å². The number of nitrogens with one attached hydrogen (secondary N) is 1. The number of amides is 1. The lowest BCUT2D eigenvalue weighted by Gasteiger charge is -2.50. The quantitative estimate of drug-likeness (QED) is 0.175. The smallest absolute Gasteiger partial charge is 0.264 e. The molecule has 11 nitrogen and oxygen atoms in total. The van der Waals surface area contributed by atoms with Crippen LogP contribution in [-0.2, 0) is 10.0 Å². The Bertz CT molecular complexity index is 1850. The minimum absolute atomic E-state index is 0. The lowest BCUT2D eigenvalue weighted by Crippen LogP contribution is -2.56. The molecule has 3 heterocycles. The van der Waals surface area contributed by atoms with Crippen molar-refractivity contribution in [1.82, 2.24) is 24.8 Å². The van der Waals surface area contributed by atoms with E-state index in [2.05, 4.69) is 52.4 Å². The molecule has 0 radical (unpaired) electrons. The molecule has 1 aliphatic heterocycles. The van der Waals surface area contributed by atoms with E-state index in [9.17, 15) is 13.2 Å². The standard InChI is InChI=1S/C31H40N4O4S.C7H10N2O.H2/c1-8-23-16-17-31(5,6)26(9-2)35(23)29(36)22-14-11-15-24(18-22)40(37,38)34-30-32-25(19-27(33-30)39-7)28-20(3)12-10-13-21(28)4;1-6(2)10-7-3-8-5-9-4-7;/h10-15,18-19,23,26H,8-9,16-17H2,1-7H3,(H,32,33,34);3-6H,1-2H3;1H. The molecule has 270 valence electrons. The van der Waals surface area contributed by atoms with Crippen LogP contribution in [0.1, 0.15) is 90.1 Å². The molecular weight excluding hydrogens is 653 g/mol. The number of aryl methyl sites for hydroxylation is 2. The summed E-state index contributed by atoms with van der Waals surface area (Å²) in [6.45, 7) is 16.5. The molecule has 2 aromatic carbocycles. The number of nitrogens with zero attached hydrogens (tertiary/aromatic N) is 5. The Kier molecular flexibility index (Phi) is 12.6. The highest BCUT2D eigenvalue weighted by atomic mass is 32.2. The van der Waals surface area contributed by atoms with Gasteiger partial charge in [-0.05, 0) is 88.1 Å². The number of benzene rings is 2. The van der Waals surface area contributed by atoms with Gasteiger partial charge >= 0.3 is 0 Å². The molecule has 50 heavy (non-hydrogen) atoms. The largest absolute Gasteiger partial charge is 0.488 e. The van der Waals surface area contributed by atoms with Gasteiger partial charge in [0.2, 0.25) is 11.8 Å². The number of ether oxygens (including phenoxy) is 2. The average molecular weight is 705 g/mol. The number of hydrogen-bond donors (Lipinski definition) is 1. The molecule has 2 unspecified atom stereocenters. The lowest BCUT2D eigenvalue weighted by atomic mass is 9.72. The zero-order valence-corrected chi connectivity index (χ0v) is 31.4. The predicted octanol–water partition coefficient (Wildman–Crippen LogP) is 7.90. The highest BCUT2D eigenvalue weighted by Crippen LogP contribution is 2.41. The topological polar surface area (TPSA) is 136 Å². The van der Waals surface area contributed by atoms with Gasteiger partial charge in [0.1, 0.15) is 6.33 Å². The fourth-order valence-corrected chi connectivity index (χ4v) is 7.59. The molecule has 0 spiro atoms. The van der Waals surface area contributed by atoms with Crippen LogP contribution in [0.5, 0.6) is 11.6 Å². The third kappa shape index (κ3) is 9.15. The normalized spacial score (nSPS) is 17.0. The third-order valence-electron chi connectivity index (χ3n) is 9.02. The first kappa shape index (κ1) is 38.2. The number of anilines is 1. The van der Waals surface area contributed by atoms with Crippen LogP contribution in [0.15, 0.2) is 72.1 Å². The van der Waals surface area contributed by atoms with Gasteiger partial charge in [-0.15, -0.1) is 0 Å². The molecule has 5 rings (SSSR count). The molecule has 1 saturated heterocycles. The zero-order chi connectivity index (χ0) is 36.6. The van der Waals surface area contributed by atoms with Crippen LogP contribution in [0, 0.1) is 19.3 Å². The Hall–Kier alpha value is -4.58. The van der Waals surface area contributed by atoms with E-state index >= 15 is 0 Å². The number of likely N-dealkylation sites (tertiary alicyclic amines) is 1. The van der Waals surface area contributed by atoms with E-state index in [-0.39, 0.29) is 47.7 Å². The second kappa shape index (κ2) is 16.4. The highest BCUT2D eigenvalue weighted by Gasteiger charge is 2.43. The van der Waals surface area contributed by atoms with Crippen molar-refractivity contribution >= 4 is 21.9 Å². The summed E-state index contributed by atoms with van der Waals surface area (Å²) in [7, 11) is -2.64. The van der Waals surface area contributed by atoms with Gasteiger partial charge in [-0.25, -0.2) is 28.1 Å². The SMILES string of the molecule is CC(C)Oc1cncnc1.CCC1CCC(C)(C)C(CC)N1C(=O)c1cccc(S(=O)(=O)Nc2nc(OC)cc(-c3c(C)cccc3C)n2)c1.[HH]. The summed E-state index contributed by atoms with van der Waals surface area (Å²) >= 11 is 0. The molecule has 4 aromatic rings. The predicted molar refractivity (Wildman–Crippen MR) is 198 cm³/mol. The fourth-order valence-electron chi connectivity index (χ4n) is 6.60. The number of rotatable bonds is 10. The van der Waals surface area contributed by atoms with Crippen molar-refractivity contribution in [3.05, 3.63) is 83.9 Å². The minimum atomic E-state index is -4.11. The lowest BCUT2D eigenvalue weighted by molar-refractivity contribution is -0.00147. The Morgan fingerprint density at radius 2 is 1.68 bits per heavy atom. The number of carbonyl (C=O) groups excluding carboxylic acids is 1. The number of carbonyl (C=O) groups is 1. The summed E-state index contributed by atoms with van der Waals surface area (Å²) in [5.41, 5.74) is 3.76. The molecule has 2 atom stereocenters. The zero-order valence-electron chi connectivity index (χ0n) is 30.6. The molecule has 1 N–H and O–H groups in total. The first-order chi connectivity index (χ1) is 23.7. The summed E-state index contributed by atoms with van der Waals surface area (Å²) in [6.07, 6.45) is 8.63. The van der Waals surface area contributed by atoms with Crippen molar-refractivity contribution in [2.24, 2.45) is 5.41 Å². The second-order valence-electron chi connectivity index (χ2n) is 13.5. The van der Waals surface area contributed by atoms with Crippen molar-refractivity contribution in [2.75, 3.05) is 11.8 Å². The molecule has 2 aromatic heterocycles. The first-order valence-electron chi connectivity index (χ1n) is 17.1. The van der Waals surface area contributed by atoms with E-state index in [0.29, 0.717) is 11.3 Å². The van der Waals surface area contributed by atoms with Crippen LogP contribution in [-0.4, -0.2) is 64.5 Å². The minimum Gasteiger partial charge on any atom is -0.488 e. The average Bonchev–Trinajstić information content (AvgIpc) is 3.07. The van der Waals surface area contributed by atoms with Gasteiger partial charge in [0, 0.05) is 30.7 Å². The summed E-state index contributed by atoms with van der Waals surface area (Å²) in [6, 6.07) is 14.0. The van der Waals surface area contributed by atoms with Crippen LogP contribution in [0.2, 0.25) is 0 Å². The van der Waals surface area contributed by atoms with Crippen LogP contribution in [0.25, 0.3) is 11.3 Å². The Morgan fingerprint density at radius 3 is 2.28 bits per heavy atom. The molecule has 1 fully saturated rings. The summed E-state index contributed by atoms with van der Waals surface area (Å²) in [5, 5.41) is 0. The van der Waals surface area contributed by atoms with Gasteiger partial charge in [-0.3, -0.25) is 4.79 Å². The highest BCUT2D eigenvalue weighted by molar-refractivity contribution is 7.92. The maximum Gasteiger partial charge on any atom is 0.264 e. The first-order valence-corrected chi connectivity index (χ1v) is 18.6. The molecule has 0 aliphatic carbocycles. The Morgan fingerprint density at radius 1 is 1.02 bits per heavy atom. The Labute approximate surface area is 298 Å². The number of sulfonamides is 1. The van der Waals surface area contributed by atoms with Gasteiger partial charge in [0.25, 0.3) is 15.9 Å². The van der Waals surface area contributed by atoms with Gasteiger partial charge in [0.05, 0.1) is 36.2 Å². The molecule has 1 aliphatic rings. The van der Waals surface area contributed by atoms with Gasteiger partial charge in [-0.1, -0.05) is 52.0 Å². The van der Waals surface area contributed by atoms with Crippen molar-refractivity contribution in [3.8, 4) is 22.9 Å². The number of aromatic nitrogens is 4. The molecular formula is C38H52N6O5S. The van der Waals surface area contributed by atoms with Crippen molar-refractivity contribution < 1.29 is 24.1 Å². The molecule has 0 saturated carbocycles. The van der Waals surface area contributed by atoms with Crippen LogP contribution >= 0.6 is 0 Å². The van der Waals surface area contributed by atoms with Gasteiger partial charge < -0.3 is 14.4 Å². The van der Waals surface area contributed by atoms with Crippen molar-refractivity contribution in [3.63, 3.8) is 0 Å². The summed E-state index contributed by atoms with van der Waals surface area (Å²) in [5.74, 6) is 0.706. The van der Waals surface area contributed by atoms with Crippen LogP contribution in [0.4, 0.5) is 5.95 Å². The van der Waals surface area contributed by atoms with E-state index < -0.39 is 10.0 Å². The number of piperidine rings is 1. The van der Waals surface area contributed by atoms with E-state index in [1.165, 1.54) is 25.6 Å². The van der Waals surface area contributed by atoms with Gasteiger partial charge in [0.15, 0.2) is 5.75 Å². The van der Waals surface area contributed by atoms with E-state index in [1.807, 2.05) is 50.8 Å². The molecule has 12 heteroatoms. The van der Waals surface area contributed by atoms with Crippen molar-refractivity contribution in [1.29, 1.82) is 0 Å². The molecule has 0 bridgehead atoms. The van der Waals surface area contributed by atoms with Crippen LogP contribution < -0.4 is 14.2 Å². The number of hydrogen-bond acceptors (Lipinski definition) is 9. The number of methoxy groups -OCH3 is 1. The Balaban J connectivity index is 0.000000550. The summed E-state index contributed by atoms with van der Waals surface area (Å²) < 4.78 is 40.2. The molecule has 1 amide bonds. The van der Waals surface area contributed by atoms with E-state index in [4.69, 9.17) is 9.47 Å². The monoisotopic (exact) mass is 704 g/mol.